The van der Waals surface area contributed by atoms with Gasteiger partial charge in [-0.1, -0.05) is 24.4 Å². The molecule has 1 aliphatic heterocycles. The standard InChI is InChI=1S/C13H18ClNO3S/c1-18-11-6-7-13(12(14)10-11)19(16,17)15-8-4-2-3-5-9-15/h6-7,10H,2-5,8-9H2,1H3. The fourth-order valence-electron chi connectivity index (χ4n) is 2.24. The third-order valence-corrected chi connectivity index (χ3v) is 5.70. The molecule has 1 fully saturated rings. The van der Waals surface area contributed by atoms with E-state index in [9.17, 15) is 8.42 Å². The van der Waals surface area contributed by atoms with Gasteiger partial charge in [0.2, 0.25) is 10.0 Å². The zero-order chi connectivity index (χ0) is 13.9. The van der Waals surface area contributed by atoms with E-state index in [4.69, 9.17) is 16.3 Å². The Bertz CT molecular complexity index is 537. The van der Waals surface area contributed by atoms with E-state index >= 15 is 0 Å². The van der Waals surface area contributed by atoms with E-state index in [2.05, 4.69) is 0 Å². The molecule has 0 unspecified atom stereocenters. The van der Waals surface area contributed by atoms with Crippen molar-refractivity contribution < 1.29 is 13.2 Å². The second-order valence-electron chi connectivity index (χ2n) is 4.61. The molecule has 0 saturated carbocycles. The van der Waals surface area contributed by atoms with Crippen molar-refractivity contribution in [3.63, 3.8) is 0 Å². The van der Waals surface area contributed by atoms with Crippen molar-refractivity contribution in [1.82, 2.24) is 4.31 Å². The van der Waals surface area contributed by atoms with Crippen molar-refractivity contribution in [3.05, 3.63) is 23.2 Å². The van der Waals surface area contributed by atoms with Gasteiger partial charge in [-0.25, -0.2) is 8.42 Å². The molecule has 1 heterocycles. The minimum absolute atomic E-state index is 0.164. The van der Waals surface area contributed by atoms with Crippen molar-refractivity contribution in [2.45, 2.75) is 30.6 Å². The molecule has 6 heteroatoms. The van der Waals surface area contributed by atoms with Crippen LogP contribution in [0.1, 0.15) is 25.7 Å². The van der Waals surface area contributed by atoms with E-state index in [0.717, 1.165) is 25.7 Å². The van der Waals surface area contributed by atoms with Gasteiger partial charge in [-0.3, -0.25) is 0 Å². The summed E-state index contributed by atoms with van der Waals surface area (Å²) < 4.78 is 31.7. The summed E-state index contributed by atoms with van der Waals surface area (Å²) in [6.07, 6.45) is 3.99. The molecule has 0 aliphatic carbocycles. The molecular formula is C13H18ClNO3S. The maximum atomic E-state index is 12.6. The quantitative estimate of drug-likeness (QED) is 0.862. The van der Waals surface area contributed by atoms with Gasteiger partial charge in [-0.2, -0.15) is 4.31 Å². The van der Waals surface area contributed by atoms with E-state index in [1.54, 1.807) is 6.07 Å². The zero-order valence-electron chi connectivity index (χ0n) is 10.9. The first-order chi connectivity index (χ1) is 9.05. The Balaban J connectivity index is 2.32. The van der Waals surface area contributed by atoms with Gasteiger partial charge in [0.1, 0.15) is 10.6 Å². The van der Waals surface area contributed by atoms with Crippen molar-refractivity contribution in [2.75, 3.05) is 20.2 Å². The van der Waals surface area contributed by atoms with Gasteiger partial charge >= 0.3 is 0 Å². The highest BCUT2D eigenvalue weighted by Crippen LogP contribution is 2.29. The Morgan fingerprint density at radius 2 is 1.79 bits per heavy atom. The van der Waals surface area contributed by atoms with E-state index < -0.39 is 10.0 Å². The largest absolute Gasteiger partial charge is 0.497 e. The number of hydrogen-bond acceptors (Lipinski definition) is 3. The van der Waals surface area contributed by atoms with Crippen molar-refractivity contribution in [3.8, 4) is 5.75 Å². The second-order valence-corrected chi connectivity index (χ2v) is 6.93. The van der Waals surface area contributed by atoms with Crippen LogP contribution >= 0.6 is 11.6 Å². The van der Waals surface area contributed by atoms with Crippen LogP contribution in [0.3, 0.4) is 0 Å². The molecular weight excluding hydrogens is 286 g/mol. The van der Waals surface area contributed by atoms with Crippen LogP contribution in [0, 0.1) is 0 Å². The Hall–Kier alpha value is -0.780. The van der Waals surface area contributed by atoms with Crippen LogP contribution in [0.4, 0.5) is 0 Å². The van der Waals surface area contributed by atoms with Crippen LogP contribution in [0.25, 0.3) is 0 Å². The molecule has 1 saturated heterocycles. The number of rotatable bonds is 3. The van der Waals surface area contributed by atoms with Gasteiger partial charge in [-0.15, -0.1) is 0 Å². The Morgan fingerprint density at radius 1 is 1.16 bits per heavy atom. The molecule has 0 N–H and O–H groups in total. The van der Waals surface area contributed by atoms with Gasteiger partial charge in [-0.05, 0) is 25.0 Å². The zero-order valence-corrected chi connectivity index (χ0v) is 12.5. The van der Waals surface area contributed by atoms with Crippen molar-refractivity contribution >= 4 is 21.6 Å². The number of nitrogens with zero attached hydrogens (tertiary/aromatic N) is 1. The lowest BCUT2D eigenvalue weighted by Gasteiger charge is -2.20. The van der Waals surface area contributed by atoms with Crippen LogP contribution in [-0.4, -0.2) is 32.9 Å². The van der Waals surface area contributed by atoms with Gasteiger partial charge in [0, 0.05) is 19.2 Å². The van der Waals surface area contributed by atoms with Crippen LogP contribution in [0.15, 0.2) is 23.1 Å². The number of sulfonamides is 1. The first kappa shape index (κ1) is 14.6. The van der Waals surface area contributed by atoms with E-state index in [0.29, 0.717) is 18.8 Å². The lowest BCUT2D eigenvalue weighted by Crippen LogP contribution is -2.32. The summed E-state index contributed by atoms with van der Waals surface area (Å²) in [5.41, 5.74) is 0. The lowest BCUT2D eigenvalue weighted by atomic mass is 10.2. The smallest absolute Gasteiger partial charge is 0.244 e. The van der Waals surface area contributed by atoms with Gasteiger partial charge < -0.3 is 4.74 Å². The Labute approximate surface area is 119 Å². The van der Waals surface area contributed by atoms with Gasteiger partial charge in [0.15, 0.2) is 0 Å². The molecule has 19 heavy (non-hydrogen) atoms. The summed E-state index contributed by atoms with van der Waals surface area (Å²) >= 11 is 6.07. The number of hydrogen-bond donors (Lipinski definition) is 0. The molecule has 0 atom stereocenters. The summed E-state index contributed by atoms with van der Waals surface area (Å²) in [4.78, 5) is 0.164. The summed E-state index contributed by atoms with van der Waals surface area (Å²) in [5, 5.41) is 0.212. The maximum absolute atomic E-state index is 12.6. The Morgan fingerprint density at radius 3 is 2.32 bits per heavy atom. The summed E-state index contributed by atoms with van der Waals surface area (Å²) in [7, 11) is -1.97. The predicted molar refractivity (Wildman–Crippen MR) is 75.2 cm³/mol. The van der Waals surface area contributed by atoms with Crippen LogP contribution in [0.5, 0.6) is 5.75 Å². The molecule has 0 aromatic heterocycles. The third-order valence-electron chi connectivity index (χ3n) is 3.32. The van der Waals surface area contributed by atoms with Gasteiger partial charge in [0.05, 0.1) is 12.1 Å². The molecule has 0 bridgehead atoms. The van der Waals surface area contributed by atoms with Crippen molar-refractivity contribution in [1.29, 1.82) is 0 Å². The average Bonchev–Trinajstić information content (AvgIpc) is 2.67. The highest BCUT2D eigenvalue weighted by molar-refractivity contribution is 7.89. The molecule has 0 amide bonds. The van der Waals surface area contributed by atoms with Crippen LogP contribution in [-0.2, 0) is 10.0 Å². The predicted octanol–water partition coefficient (Wildman–Crippen LogP) is 2.91. The minimum Gasteiger partial charge on any atom is -0.497 e. The third kappa shape index (κ3) is 3.22. The monoisotopic (exact) mass is 303 g/mol. The average molecular weight is 304 g/mol. The van der Waals surface area contributed by atoms with Crippen LogP contribution < -0.4 is 4.74 Å². The molecule has 1 aliphatic rings. The lowest BCUT2D eigenvalue weighted by molar-refractivity contribution is 0.413. The molecule has 0 spiro atoms. The van der Waals surface area contributed by atoms with E-state index in [1.807, 2.05) is 0 Å². The number of halogens is 1. The topological polar surface area (TPSA) is 46.6 Å². The summed E-state index contributed by atoms with van der Waals surface area (Å²) in [6, 6.07) is 4.67. The van der Waals surface area contributed by atoms with E-state index in [1.165, 1.54) is 23.5 Å². The fraction of sp³-hybridized carbons (Fsp3) is 0.538. The van der Waals surface area contributed by atoms with Crippen molar-refractivity contribution in [2.24, 2.45) is 0 Å². The maximum Gasteiger partial charge on any atom is 0.244 e. The van der Waals surface area contributed by atoms with E-state index in [-0.39, 0.29) is 9.92 Å². The minimum atomic E-state index is -3.50. The number of methoxy groups -OCH3 is 1. The number of benzene rings is 1. The first-order valence-corrected chi connectivity index (χ1v) is 8.21. The van der Waals surface area contributed by atoms with Crippen LogP contribution in [0.2, 0.25) is 5.02 Å². The normalized spacial score (nSPS) is 18.0. The molecule has 106 valence electrons. The highest BCUT2D eigenvalue weighted by Gasteiger charge is 2.27. The SMILES string of the molecule is COc1ccc(S(=O)(=O)N2CCCCCC2)c(Cl)c1. The Kier molecular flexibility index (Phi) is 4.71. The molecule has 4 nitrogen and oxygen atoms in total. The fourth-order valence-corrected chi connectivity index (χ4v) is 4.26. The second kappa shape index (κ2) is 6.11. The molecule has 1 aromatic carbocycles. The van der Waals surface area contributed by atoms with Gasteiger partial charge in [0.25, 0.3) is 0 Å². The highest BCUT2D eigenvalue weighted by atomic mass is 35.5. The first-order valence-electron chi connectivity index (χ1n) is 6.39. The molecule has 0 radical (unpaired) electrons. The summed E-state index contributed by atoms with van der Waals surface area (Å²) in [5.74, 6) is 0.555. The number of ether oxygens (including phenoxy) is 1. The molecule has 1 aromatic rings. The molecule has 2 rings (SSSR count). The summed E-state index contributed by atoms with van der Waals surface area (Å²) in [6.45, 7) is 1.15.